The molecule has 0 bridgehead atoms. The lowest BCUT2D eigenvalue weighted by atomic mass is 10.2. The molecule has 7 heteroatoms. The molecule has 0 aliphatic carbocycles. The minimum atomic E-state index is -0.0511. The van der Waals surface area contributed by atoms with Gasteiger partial charge in [0.05, 0.1) is 11.4 Å². The number of aryl methyl sites for hydroxylation is 2. The average molecular weight is 356 g/mol. The highest BCUT2D eigenvalue weighted by Gasteiger charge is 2.21. The number of nitrogens with zero attached hydrogens (tertiary/aromatic N) is 4. The van der Waals surface area contributed by atoms with Gasteiger partial charge in [-0.2, -0.15) is 4.98 Å². The summed E-state index contributed by atoms with van der Waals surface area (Å²) in [5, 5.41) is 6.54. The summed E-state index contributed by atoms with van der Waals surface area (Å²) in [5.74, 6) is 1.30. The first kappa shape index (κ1) is 17.3. The van der Waals surface area contributed by atoms with Gasteiger partial charge in [-0.3, -0.25) is 9.69 Å². The third-order valence-electron chi connectivity index (χ3n) is 3.61. The standard InChI is InChI=1S/C18H20N4O2S/c1-12(2)17-20-15(24-21-17)9-10-16(23)22(14-7-5-4-6-8-14)18-19-13(3)11-25-18/h4-8,11-12H,9-10H2,1-3H3. The number of amides is 1. The molecule has 0 aliphatic rings. The van der Waals surface area contributed by atoms with Crippen LogP contribution in [-0.2, 0) is 11.2 Å². The number of hydrogen-bond donors (Lipinski definition) is 0. The molecular weight excluding hydrogens is 336 g/mol. The van der Waals surface area contributed by atoms with Crippen molar-refractivity contribution in [3.8, 4) is 0 Å². The second-order valence-corrected chi connectivity index (χ2v) is 6.87. The van der Waals surface area contributed by atoms with Gasteiger partial charge in [0.25, 0.3) is 0 Å². The first-order valence-electron chi connectivity index (χ1n) is 8.17. The van der Waals surface area contributed by atoms with Crippen LogP contribution in [0.15, 0.2) is 40.2 Å². The largest absolute Gasteiger partial charge is 0.339 e. The molecule has 25 heavy (non-hydrogen) atoms. The number of thiazole rings is 1. The molecule has 2 heterocycles. The molecule has 0 aliphatic heterocycles. The van der Waals surface area contributed by atoms with E-state index in [2.05, 4.69) is 15.1 Å². The van der Waals surface area contributed by atoms with Gasteiger partial charge in [-0.25, -0.2) is 4.98 Å². The Balaban J connectivity index is 1.77. The van der Waals surface area contributed by atoms with E-state index in [4.69, 9.17) is 4.52 Å². The van der Waals surface area contributed by atoms with E-state index >= 15 is 0 Å². The van der Waals surface area contributed by atoms with Crippen molar-refractivity contribution in [2.24, 2.45) is 0 Å². The fourth-order valence-electron chi connectivity index (χ4n) is 2.31. The Hall–Kier alpha value is -2.54. The molecule has 3 rings (SSSR count). The van der Waals surface area contributed by atoms with E-state index in [0.29, 0.717) is 23.3 Å². The molecule has 2 aromatic heterocycles. The zero-order chi connectivity index (χ0) is 17.8. The maximum atomic E-state index is 12.9. The Labute approximate surface area is 150 Å². The highest BCUT2D eigenvalue weighted by molar-refractivity contribution is 7.14. The summed E-state index contributed by atoms with van der Waals surface area (Å²) in [4.78, 5) is 23.3. The van der Waals surface area contributed by atoms with Crippen LogP contribution in [0.5, 0.6) is 0 Å². The van der Waals surface area contributed by atoms with Gasteiger partial charge in [0, 0.05) is 24.1 Å². The number of aromatic nitrogens is 3. The van der Waals surface area contributed by atoms with Gasteiger partial charge in [-0.15, -0.1) is 11.3 Å². The fourth-order valence-corrected chi connectivity index (χ4v) is 3.15. The van der Waals surface area contributed by atoms with E-state index in [1.54, 1.807) is 4.90 Å². The lowest BCUT2D eigenvalue weighted by molar-refractivity contribution is -0.117. The first-order chi connectivity index (χ1) is 12.0. The van der Waals surface area contributed by atoms with E-state index in [1.807, 2.05) is 56.5 Å². The van der Waals surface area contributed by atoms with Crippen LogP contribution >= 0.6 is 11.3 Å². The molecule has 0 saturated heterocycles. The van der Waals surface area contributed by atoms with Crippen molar-refractivity contribution in [3.63, 3.8) is 0 Å². The number of para-hydroxylation sites is 1. The summed E-state index contributed by atoms with van der Waals surface area (Å²) in [6, 6.07) is 9.54. The molecule has 1 amide bonds. The molecule has 130 valence electrons. The molecule has 0 unspecified atom stereocenters. The van der Waals surface area contributed by atoms with Gasteiger partial charge in [0.1, 0.15) is 0 Å². The monoisotopic (exact) mass is 356 g/mol. The Bertz CT molecular complexity index is 842. The molecule has 1 aromatic carbocycles. The number of carbonyl (C=O) groups is 1. The van der Waals surface area contributed by atoms with Crippen LogP contribution in [0.1, 0.15) is 43.6 Å². The van der Waals surface area contributed by atoms with Gasteiger partial charge < -0.3 is 4.52 Å². The molecule has 0 fully saturated rings. The van der Waals surface area contributed by atoms with Gasteiger partial charge in [0.2, 0.25) is 11.8 Å². The molecule has 0 saturated carbocycles. The smallest absolute Gasteiger partial charge is 0.233 e. The Morgan fingerprint density at radius 2 is 2.00 bits per heavy atom. The number of rotatable bonds is 6. The average Bonchev–Trinajstić information content (AvgIpc) is 3.24. The predicted molar refractivity (Wildman–Crippen MR) is 97.1 cm³/mol. The van der Waals surface area contributed by atoms with Gasteiger partial charge in [-0.1, -0.05) is 37.2 Å². The van der Waals surface area contributed by atoms with Crippen molar-refractivity contribution >= 4 is 28.1 Å². The summed E-state index contributed by atoms with van der Waals surface area (Å²) in [6.45, 7) is 5.92. The third kappa shape index (κ3) is 4.11. The maximum absolute atomic E-state index is 12.9. The first-order valence-corrected chi connectivity index (χ1v) is 9.05. The van der Waals surface area contributed by atoms with E-state index in [1.165, 1.54) is 11.3 Å². The minimum absolute atomic E-state index is 0.0511. The second-order valence-electron chi connectivity index (χ2n) is 6.04. The molecular formula is C18H20N4O2S. The highest BCUT2D eigenvalue weighted by Crippen LogP contribution is 2.29. The minimum Gasteiger partial charge on any atom is -0.339 e. The molecule has 0 spiro atoms. The van der Waals surface area contributed by atoms with Crippen molar-refractivity contribution in [2.45, 2.75) is 39.5 Å². The van der Waals surface area contributed by atoms with E-state index < -0.39 is 0 Å². The molecule has 3 aromatic rings. The van der Waals surface area contributed by atoms with Crippen molar-refractivity contribution in [1.82, 2.24) is 15.1 Å². The summed E-state index contributed by atoms with van der Waals surface area (Å²) < 4.78 is 5.23. The molecule has 0 radical (unpaired) electrons. The normalized spacial score (nSPS) is 11.0. The SMILES string of the molecule is Cc1csc(N(C(=O)CCc2nc(C(C)C)no2)c2ccccc2)n1. The summed E-state index contributed by atoms with van der Waals surface area (Å²) >= 11 is 1.45. The molecule has 6 nitrogen and oxygen atoms in total. The van der Waals surface area contributed by atoms with Crippen LogP contribution in [0.3, 0.4) is 0 Å². The number of anilines is 2. The number of carbonyl (C=O) groups excluding carboxylic acids is 1. The molecule has 0 N–H and O–H groups in total. The second kappa shape index (κ2) is 7.57. The van der Waals surface area contributed by atoms with Crippen LogP contribution in [0.2, 0.25) is 0 Å². The predicted octanol–water partition coefficient (Wildman–Crippen LogP) is 4.26. The van der Waals surface area contributed by atoms with E-state index in [9.17, 15) is 4.79 Å². The maximum Gasteiger partial charge on any atom is 0.233 e. The van der Waals surface area contributed by atoms with Crippen LogP contribution in [0, 0.1) is 6.92 Å². The lowest BCUT2D eigenvalue weighted by Gasteiger charge is -2.19. The van der Waals surface area contributed by atoms with Crippen LogP contribution in [0.4, 0.5) is 10.8 Å². The van der Waals surface area contributed by atoms with Crippen LogP contribution < -0.4 is 4.90 Å². The van der Waals surface area contributed by atoms with Gasteiger partial charge in [0.15, 0.2) is 11.0 Å². The highest BCUT2D eigenvalue weighted by atomic mass is 32.1. The van der Waals surface area contributed by atoms with Crippen molar-refractivity contribution in [1.29, 1.82) is 0 Å². The molecule has 0 atom stereocenters. The third-order valence-corrected chi connectivity index (χ3v) is 4.56. The van der Waals surface area contributed by atoms with Crippen molar-refractivity contribution in [2.75, 3.05) is 4.90 Å². The van der Waals surface area contributed by atoms with Crippen LogP contribution in [0.25, 0.3) is 0 Å². The number of hydrogen-bond acceptors (Lipinski definition) is 6. The quantitative estimate of drug-likeness (QED) is 0.660. The summed E-state index contributed by atoms with van der Waals surface area (Å²) in [7, 11) is 0. The summed E-state index contributed by atoms with van der Waals surface area (Å²) in [6.07, 6.45) is 0.680. The topological polar surface area (TPSA) is 72.1 Å². The van der Waals surface area contributed by atoms with Gasteiger partial charge in [-0.05, 0) is 19.1 Å². The van der Waals surface area contributed by atoms with E-state index in [-0.39, 0.29) is 18.2 Å². The summed E-state index contributed by atoms with van der Waals surface area (Å²) in [5.41, 5.74) is 1.70. The van der Waals surface area contributed by atoms with Crippen LogP contribution in [-0.4, -0.2) is 21.0 Å². The Morgan fingerprint density at radius 1 is 1.24 bits per heavy atom. The Kier molecular flexibility index (Phi) is 5.23. The van der Waals surface area contributed by atoms with Gasteiger partial charge >= 0.3 is 0 Å². The zero-order valence-corrected chi connectivity index (χ0v) is 15.3. The zero-order valence-electron chi connectivity index (χ0n) is 14.5. The Morgan fingerprint density at radius 3 is 2.60 bits per heavy atom. The fraction of sp³-hybridized carbons (Fsp3) is 0.333. The number of benzene rings is 1. The lowest BCUT2D eigenvalue weighted by Crippen LogP contribution is -2.26. The van der Waals surface area contributed by atoms with Crippen molar-refractivity contribution < 1.29 is 9.32 Å². The van der Waals surface area contributed by atoms with E-state index in [0.717, 1.165) is 11.4 Å². The van der Waals surface area contributed by atoms with Crippen molar-refractivity contribution in [3.05, 3.63) is 53.1 Å².